The summed E-state index contributed by atoms with van der Waals surface area (Å²) in [5.74, 6) is 1.67. The fourth-order valence-corrected chi connectivity index (χ4v) is 2.79. The summed E-state index contributed by atoms with van der Waals surface area (Å²) in [4.78, 5) is 2.24. The highest BCUT2D eigenvalue weighted by molar-refractivity contribution is 8.11. The molecule has 1 rings (SSSR count). The van der Waals surface area contributed by atoms with Gasteiger partial charge >= 0.3 is 0 Å². The van der Waals surface area contributed by atoms with Gasteiger partial charge in [-0.1, -0.05) is 49.6 Å². The maximum Gasteiger partial charge on any atom is 0.128 e. The van der Waals surface area contributed by atoms with Crippen molar-refractivity contribution in [2.75, 3.05) is 0 Å². The molecule has 0 radical (unpaired) electrons. The van der Waals surface area contributed by atoms with Gasteiger partial charge in [0.05, 0.1) is 0 Å². The van der Waals surface area contributed by atoms with Gasteiger partial charge in [0.1, 0.15) is 11.5 Å². The molecule has 0 aromatic heterocycles. The fourth-order valence-electron chi connectivity index (χ4n) is 2.04. The quantitative estimate of drug-likeness (QED) is 0.345. The van der Waals surface area contributed by atoms with Crippen LogP contribution in [0.3, 0.4) is 0 Å². The molecule has 1 nitrogen and oxygen atoms in total. The first-order valence-corrected chi connectivity index (χ1v) is 9.41. The number of thioether (sulfide) groups is 1. The molecule has 0 atom stereocenters. The lowest BCUT2D eigenvalue weighted by Crippen LogP contribution is -1.94. The molecular formula is C23H30OS. The Kier molecular flexibility index (Phi) is 8.57. The lowest BCUT2D eigenvalue weighted by atomic mass is 10.0. The zero-order valence-electron chi connectivity index (χ0n) is 16.4. The van der Waals surface area contributed by atoms with Crippen LogP contribution in [0.1, 0.15) is 59.1 Å². The first-order chi connectivity index (χ1) is 11.8. The minimum Gasteiger partial charge on any atom is -0.462 e. The Hall–Kier alpha value is -1.93. The van der Waals surface area contributed by atoms with E-state index in [1.807, 2.05) is 26.0 Å². The third-order valence-electron chi connectivity index (χ3n) is 3.68. The van der Waals surface area contributed by atoms with E-state index in [1.54, 1.807) is 11.8 Å². The Morgan fingerprint density at radius 3 is 2.24 bits per heavy atom. The van der Waals surface area contributed by atoms with Crippen LogP contribution in [0.15, 0.2) is 65.8 Å². The van der Waals surface area contributed by atoms with Crippen LogP contribution in [0.5, 0.6) is 5.75 Å². The van der Waals surface area contributed by atoms with Gasteiger partial charge in [-0.05, 0) is 86.9 Å². The van der Waals surface area contributed by atoms with Crippen LogP contribution in [-0.2, 0) is 0 Å². The third-order valence-corrected chi connectivity index (χ3v) is 4.72. The topological polar surface area (TPSA) is 9.23 Å². The monoisotopic (exact) mass is 354 g/mol. The molecule has 1 aromatic rings. The lowest BCUT2D eigenvalue weighted by molar-refractivity contribution is 0.427. The van der Waals surface area contributed by atoms with Crippen molar-refractivity contribution < 1.29 is 4.74 Å². The molecule has 0 heterocycles. The van der Waals surface area contributed by atoms with Gasteiger partial charge in [-0.2, -0.15) is 0 Å². The van der Waals surface area contributed by atoms with Gasteiger partial charge in [-0.25, -0.2) is 0 Å². The SMILES string of the molecule is C=C(CC)c1cc(O/C(C)=C/C=C(C)C)cc(C(=C)S/C(C)=C\C)c1. The second-order valence-electron chi connectivity index (χ2n) is 6.25. The lowest BCUT2D eigenvalue weighted by Gasteiger charge is -2.14. The Balaban J connectivity index is 3.22. The number of hydrogen-bond acceptors (Lipinski definition) is 2. The van der Waals surface area contributed by atoms with E-state index >= 15 is 0 Å². The van der Waals surface area contributed by atoms with Gasteiger partial charge in [0.25, 0.3) is 0 Å². The van der Waals surface area contributed by atoms with Crippen molar-refractivity contribution in [2.24, 2.45) is 0 Å². The van der Waals surface area contributed by atoms with Gasteiger partial charge in [0.15, 0.2) is 0 Å². The number of rotatable bonds is 8. The number of benzene rings is 1. The number of allylic oxidation sites excluding steroid dienone is 7. The second kappa shape index (κ2) is 10.1. The highest BCUT2D eigenvalue weighted by Gasteiger charge is 2.09. The molecule has 0 saturated heterocycles. The van der Waals surface area contributed by atoms with Crippen LogP contribution >= 0.6 is 11.8 Å². The molecule has 0 saturated carbocycles. The molecule has 0 spiro atoms. The van der Waals surface area contributed by atoms with E-state index in [9.17, 15) is 0 Å². The van der Waals surface area contributed by atoms with Crippen LogP contribution in [0, 0.1) is 0 Å². The van der Waals surface area contributed by atoms with Crippen molar-refractivity contribution in [1.82, 2.24) is 0 Å². The van der Waals surface area contributed by atoms with Gasteiger partial charge in [-0.3, -0.25) is 0 Å². The van der Waals surface area contributed by atoms with Crippen molar-refractivity contribution in [3.63, 3.8) is 0 Å². The summed E-state index contributed by atoms with van der Waals surface area (Å²) in [6.07, 6.45) is 7.04. The molecule has 0 amide bonds. The van der Waals surface area contributed by atoms with Crippen LogP contribution in [0.4, 0.5) is 0 Å². The summed E-state index contributed by atoms with van der Waals surface area (Å²) in [6, 6.07) is 6.24. The van der Waals surface area contributed by atoms with E-state index < -0.39 is 0 Å². The van der Waals surface area contributed by atoms with E-state index in [0.29, 0.717) is 0 Å². The molecule has 134 valence electrons. The van der Waals surface area contributed by atoms with Crippen molar-refractivity contribution in [3.05, 3.63) is 76.9 Å². The number of hydrogen-bond donors (Lipinski definition) is 0. The highest BCUT2D eigenvalue weighted by Crippen LogP contribution is 2.35. The predicted molar refractivity (Wildman–Crippen MR) is 116 cm³/mol. The molecule has 0 aliphatic rings. The van der Waals surface area contributed by atoms with Crippen molar-refractivity contribution in [1.29, 1.82) is 0 Å². The summed E-state index contributed by atoms with van der Waals surface area (Å²) < 4.78 is 6.03. The molecule has 0 bridgehead atoms. The molecule has 1 aromatic carbocycles. The van der Waals surface area contributed by atoms with E-state index in [0.717, 1.165) is 39.5 Å². The standard InChI is InChI=1S/C23H30OS/c1-9-17(5)21-13-22(20(8)25-19(7)10-2)15-23(14-21)24-18(6)12-11-16(3)4/h10-15H,5,8-9H2,1-4,6-7H3/b18-12+,19-10-. The normalized spacial score (nSPS) is 11.9. The minimum absolute atomic E-state index is 0.817. The van der Waals surface area contributed by atoms with E-state index in [4.69, 9.17) is 4.74 Å². The minimum atomic E-state index is 0.817. The molecule has 0 unspecified atom stereocenters. The highest BCUT2D eigenvalue weighted by atomic mass is 32.2. The largest absolute Gasteiger partial charge is 0.462 e. The van der Waals surface area contributed by atoms with Gasteiger partial charge in [0, 0.05) is 4.91 Å². The fraction of sp³-hybridized carbons (Fsp3) is 0.304. The summed E-state index contributed by atoms with van der Waals surface area (Å²) in [7, 11) is 0. The van der Waals surface area contributed by atoms with Crippen LogP contribution in [-0.4, -0.2) is 0 Å². The zero-order valence-corrected chi connectivity index (χ0v) is 17.2. The van der Waals surface area contributed by atoms with E-state index in [1.165, 1.54) is 10.5 Å². The molecule has 0 aliphatic heterocycles. The first-order valence-electron chi connectivity index (χ1n) is 8.59. The van der Waals surface area contributed by atoms with Gasteiger partial charge < -0.3 is 4.74 Å². The van der Waals surface area contributed by atoms with E-state index in [-0.39, 0.29) is 0 Å². The summed E-state index contributed by atoms with van der Waals surface area (Å²) >= 11 is 1.68. The third kappa shape index (κ3) is 7.23. The van der Waals surface area contributed by atoms with Gasteiger partial charge in [0.2, 0.25) is 0 Å². The van der Waals surface area contributed by atoms with Gasteiger partial charge in [-0.15, -0.1) is 0 Å². The van der Waals surface area contributed by atoms with Crippen LogP contribution in [0.25, 0.3) is 10.5 Å². The maximum atomic E-state index is 6.03. The van der Waals surface area contributed by atoms with E-state index in [2.05, 4.69) is 65.1 Å². The summed E-state index contributed by atoms with van der Waals surface area (Å²) in [5.41, 5.74) is 4.51. The molecular weight excluding hydrogens is 324 g/mol. The predicted octanol–water partition coefficient (Wildman–Crippen LogP) is 7.99. The molecule has 0 aliphatic carbocycles. The Morgan fingerprint density at radius 2 is 1.68 bits per heavy atom. The smallest absolute Gasteiger partial charge is 0.128 e. The van der Waals surface area contributed by atoms with Crippen molar-refractivity contribution in [2.45, 2.75) is 48.0 Å². The average molecular weight is 355 g/mol. The molecule has 2 heteroatoms. The van der Waals surface area contributed by atoms with Crippen molar-refractivity contribution >= 4 is 22.2 Å². The van der Waals surface area contributed by atoms with Crippen molar-refractivity contribution in [3.8, 4) is 5.75 Å². The number of ether oxygens (including phenoxy) is 1. The zero-order chi connectivity index (χ0) is 19.0. The van der Waals surface area contributed by atoms with Crippen LogP contribution in [0.2, 0.25) is 0 Å². The Labute approximate surface area is 157 Å². The first kappa shape index (κ1) is 21.1. The molecule has 0 N–H and O–H groups in total. The molecule has 25 heavy (non-hydrogen) atoms. The summed E-state index contributed by atoms with van der Waals surface area (Å²) in [5, 5.41) is 0. The maximum absolute atomic E-state index is 6.03. The summed E-state index contributed by atoms with van der Waals surface area (Å²) in [6.45, 7) is 20.8. The second-order valence-corrected chi connectivity index (χ2v) is 7.59. The Morgan fingerprint density at radius 1 is 1.04 bits per heavy atom. The average Bonchev–Trinajstić information content (AvgIpc) is 2.58. The Bertz CT molecular complexity index is 728. The molecule has 0 fully saturated rings. The van der Waals surface area contributed by atoms with Crippen LogP contribution < -0.4 is 4.74 Å².